The maximum Gasteiger partial charge on any atom is 0.128 e. The SMILES string of the molecule is COC1=CCC(SCc2ncc(C)c(OC)c2C)C=C1. The summed E-state index contributed by atoms with van der Waals surface area (Å²) in [7, 11) is 3.42. The van der Waals surface area contributed by atoms with Gasteiger partial charge in [-0.15, -0.1) is 11.8 Å². The van der Waals surface area contributed by atoms with E-state index in [2.05, 4.69) is 24.1 Å². The van der Waals surface area contributed by atoms with Gasteiger partial charge in [0.1, 0.15) is 11.5 Å². The van der Waals surface area contributed by atoms with Crippen LogP contribution in [0.4, 0.5) is 0 Å². The highest BCUT2D eigenvalue weighted by Crippen LogP contribution is 2.30. The van der Waals surface area contributed by atoms with Crippen LogP contribution in [0, 0.1) is 13.8 Å². The van der Waals surface area contributed by atoms with Crippen molar-refractivity contribution in [2.75, 3.05) is 14.2 Å². The number of pyridine rings is 1. The van der Waals surface area contributed by atoms with E-state index in [9.17, 15) is 0 Å². The highest BCUT2D eigenvalue weighted by molar-refractivity contribution is 7.99. The molecule has 0 saturated carbocycles. The van der Waals surface area contributed by atoms with Crippen LogP contribution >= 0.6 is 11.8 Å². The van der Waals surface area contributed by atoms with Gasteiger partial charge < -0.3 is 9.47 Å². The van der Waals surface area contributed by atoms with Gasteiger partial charge in [-0.1, -0.05) is 6.08 Å². The van der Waals surface area contributed by atoms with Crippen LogP contribution in [0.3, 0.4) is 0 Å². The molecule has 1 aromatic heterocycles. The fourth-order valence-corrected chi connectivity index (χ4v) is 3.34. The topological polar surface area (TPSA) is 31.4 Å². The van der Waals surface area contributed by atoms with Crippen LogP contribution in [0.25, 0.3) is 0 Å². The molecule has 1 heterocycles. The molecule has 108 valence electrons. The summed E-state index contributed by atoms with van der Waals surface area (Å²) in [5.74, 6) is 2.80. The molecule has 4 heteroatoms. The van der Waals surface area contributed by atoms with Crippen LogP contribution in [0.2, 0.25) is 0 Å². The van der Waals surface area contributed by atoms with Gasteiger partial charge in [-0.3, -0.25) is 4.98 Å². The van der Waals surface area contributed by atoms with Gasteiger partial charge in [0.2, 0.25) is 0 Å². The molecule has 1 atom stereocenters. The predicted molar refractivity (Wildman–Crippen MR) is 84.2 cm³/mol. The summed E-state index contributed by atoms with van der Waals surface area (Å²) in [6.07, 6.45) is 9.27. The lowest BCUT2D eigenvalue weighted by atomic mass is 10.1. The van der Waals surface area contributed by atoms with E-state index in [-0.39, 0.29) is 0 Å². The quantitative estimate of drug-likeness (QED) is 0.826. The minimum atomic E-state index is 0.488. The maximum absolute atomic E-state index is 5.45. The number of hydrogen-bond acceptors (Lipinski definition) is 4. The van der Waals surface area contributed by atoms with Crippen LogP contribution in [0.5, 0.6) is 5.75 Å². The molecule has 2 rings (SSSR count). The van der Waals surface area contributed by atoms with Crippen molar-refractivity contribution in [1.29, 1.82) is 0 Å². The number of thioether (sulfide) groups is 1. The van der Waals surface area contributed by atoms with Gasteiger partial charge in [-0.2, -0.15) is 0 Å². The van der Waals surface area contributed by atoms with Crippen LogP contribution in [-0.2, 0) is 10.5 Å². The molecular weight excluding hydrogens is 270 g/mol. The van der Waals surface area contributed by atoms with Crippen LogP contribution in [0.15, 0.2) is 30.2 Å². The maximum atomic E-state index is 5.45. The summed E-state index contributed by atoms with van der Waals surface area (Å²) >= 11 is 1.90. The van der Waals surface area contributed by atoms with E-state index in [1.54, 1.807) is 14.2 Å². The molecule has 20 heavy (non-hydrogen) atoms. The fourth-order valence-electron chi connectivity index (χ4n) is 2.26. The Balaban J connectivity index is 1.99. The first kappa shape index (κ1) is 15.0. The Kier molecular flexibility index (Phi) is 5.12. The minimum absolute atomic E-state index is 0.488. The van der Waals surface area contributed by atoms with Crippen LogP contribution in [0.1, 0.15) is 23.2 Å². The Morgan fingerprint density at radius 1 is 1.30 bits per heavy atom. The molecule has 0 fully saturated rings. The number of rotatable bonds is 5. The van der Waals surface area contributed by atoms with Gasteiger partial charge in [-0.05, 0) is 32.4 Å². The number of ether oxygens (including phenoxy) is 2. The first-order valence-corrected chi connectivity index (χ1v) is 7.73. The molecule has 0 spiro atoms. The van der Waals surface area contributed by atoms with Gasteiger partial charge in [0.15, 0.2) is 0 Å². The molecule has 0 aromatic carbocycles. The molecule has 1 aliphatic carbocycles. The first-order chi connectivity index (χ1) is 9.65. The third-order valence-corrected chi connectivity index (χ3v) is 4.66. The number of methoxy groups -OCH3 is 2. The number of hydrogen-bond donors (Lipinski definition) is 0. The van der Waals surface area contributed by atoms with Gasteiger partial charge in [0, 0.05) is 28.3 Å². The summed E-state index contributed by atoms with van der Waals surface area (Å²) < 4.78 is 10.6. The molecule has 0 aliphatic heterocycles. The number of aromatic nitrogens is 1. The van der Waals surface area contributed by atoms with Crippen molar-refractivity contribution in [3.63, 3.8) is 0 Å². The first-order valence-electron chi connectivity index (χ1n) is 6.68. The summed E-state index contributed by atoms with van der Waals surface area (Å²) in [6, 6.07) is 0. The van der Waals surface area contributed by atoms with Crippen molar-refractivity contribution >= 4 is 11.8 Å². The second kappa shape index (κ2) is 6.84. The van der Waals surface area contributed by atoms with E-state index in [4.69, 9.17) is 9.47 Å². The van der Waals surface area contributed by atoms with Gasteiger partial charge in [0.25, 0.3) is 0 Å². The Morgan fingerprint density at radius 2 is 2.10 bits per heavy atom. The average molecular weight is 291 g/mol. The highest BCUT2D eigenvalue weighted by atomic mass is 32.2. The second-order valence-corrected chi connectivity index (χ2v) is 6.03. The van der Waals surface area contributed by atoms with Crippen molar-refractivity contribution in [2.24, 2.45) is 0 Å². The standard InChI is InChI=1S/C16H21NO2S/c1-11-9-17-15(12(2)16(11)19-4)10-20-14-7-5-13(18-3)6-8-14/h5-7,9,14H,8,10H2,1-4H3. The van der Waals surface area contributed by atoms with Gasteiger partial charge >= 0.3 is 0 Å². The fraction of sp³-hybridized carbons (Fsp3) is 0.438. The third-order valence-electron chi connectivity index (χ3n) is 3.45. The zero-order valence-corrected chi connectivity index (χ0v) is 13.3. The predicted octanol–water partition coefficient (Wildman–Crippen LogP) is 3.80. The third kappa shape index (κ3) is 3.37. The normalized spacial score (nSPS) is 17.8. The Morgan fingerprint density at radius 3 is 2.70 bits per heavy atom. The number of aryl methyl sites for hydroxylation is 1. The average Bonchev–Trinajstić information content (AvgIpc) is 2.47. The highest BCUT2D eigenvalue weighted by Gasteiger charge is 2.13. The molecule has 0 saturated heterocycles. The molecule has 0 bridgehead atoms. The van der Waals surface area contributed by atoms with Crippen molar-refractivity contribution < 1.29 is 9.47 Å². The van der Waals surface area contributed by atoms with E-state index in [1.807, 2.05) is 31.0 Å². The zero-order chi connectivity index (χ0) is 14.5. The summed E-state index contributed by atoms with van der Waals surface area (Å²) in [5, 5.41) is 0.488. The van der Waals surface area contributed by atoms with Crippen molar-refractivity contribution in [2.45, 2.75) is 31.3 Å². The Labute approximate surface area is 125 Å². The Hall–Kier alpha value is -1.42. The monoisotopic (exact) mass is 291 g/mol. The molecule has 1 aromatic rings. The number of allylic oxidation sites excluding steroid dienone is 2. The summed E-state index contributed by atoms with van der Waals surface area (Å²) in [4.78, 5) is 4.54. The molecule has 1 unspecified atom stereocenters. The summed E-state index contributed by atoms with van der Waals surface area (Å²) in [6.45, 7) is 4.10. The van der Waals surface area contributed by atoms with Crippen molar-refractivity contribution in [3.05, 3.63) is 47.0 Å². The molecule has 3 nitrogen and oxygen atoms in total. The lowest BCUT2D eigenvalue weighted by Crippen LogP contribution is -2.05. The summed E-state index contributed by atoms with van der Waals surface area (Å²) in [5.41, 5.74) is 3.34. The number of nitrogens with zero attached hydrogens (tertiary/aromatic N) is 1. The van der Waals surface area contributed by atoms with Crippen molar-refractivity contribution in [1.82, 2.24) is 4.98 Å². The molecule has 0 N–H and O–H groups in total. The zero-order valence-electron chi connectivity index (χ0n) is 12.5. The largest absolute Gasteiger partial charge is 0.497 e. The lowest BCUT2D eigenvalue weighted by Gasteiger charge is -2.16. The van der Waals surface area contributed by atoms with Crippen molar-refractivity contribution in [3.8, 4) is 5.75 Å². The van der Waals surface area contributed by atoms with Gasteiger partial charge in [-0.25, -0.2) is 0 Å². The van der Waals surface area contributed by atoms with Crippen LogP contribution < -0.4 is 4.74 Å². The lowest BCUT2D eigenvalue weighted by molar-refractivity contribution is 0.304. The minimum Gasteiger partial charge on any atom is -0.497 e. The Bertz CT molecular complexity index is 538. The van der Waals surface area contributed by atoms with E-state index in [0.29, 0.717) is 5.25 Å². The molecule has 1 aliphatic rings. The molecule has 0 radical (unpaired) electrons. The van der Waals surface area contributed by atoms with Gasteiger partial charge in [0.05, 0.1) is 19.9 Å². The van der Waals surface area contributed by atoms with Crippen LogP contribution in [-0.4, -0.2) is 24.5 Å². The van der Waals surface area contributed by atoms with E-state index >= 15 is 0 Å². The second-order valence-electron chi connectivity index (χ2n) is 4.80. The van der Waals surface area contributed by atoms with E-state index < -0.39 is 0 Å². The smallest absolute Gasteiger partial charge is 0.128 e. The van der Waals surface area contributed by atoms with E-state index in [1.165, 1.54) is 0 Å². The molecular formula is C16H21NO2S. The van der Waals surface area contributed by atoms with E-state index in [0.717, 1.165) is 40.5 Å². The molecule has 0 amide bonds.